The number of pyridine rings is 1. The van der Waals surface area contributed by atoms with Gasteiger partial charge in [-0.25, -0.2) is 0 Å². The Morgan fingerprint density at radius 2 is 2.00 bits per heavy atom. The molecule has 1 aromatic heterocycles. The first-order valence-electron chi connectivity index (χ1n) is 8.58. The summed E-state index contributed by atoms with van der Waals surface area (Å²) in [6, 6.07) is 14.3. The van der Waals surface area contributed by atoms with Crippen LogP contribution in [0.2, 0.25) is 0 Å². The summed E-state index contributed by atoms with van der Waals surface area (Å²) in [7, 11) is 0. The zero-order chi connectivity index (χ0) is 16.1. The number of rotatable bonds is 6. The number of para-hydroxylation sites is 1. The average Bonchev–Trinajstić information content (AvgIpc) is 2.60. The number of anilines is 1. The van der Waals surface area contributed by atoms with Crippen molar-refractivity contribution in [1.82, 2.24) is 4.98 Å². The summed E-state index contributed by atoms with van der Waals surface area (Å²) in [5, 5.41) is 0. The van der Waals surface area contributed by atoms with Crippen LogP contribution in [0, 0.1) is 5.92 Å². The minimum Gasteiger partial charge on any atom is -0.312 e. The molecular weight excluding hydrogens is 284 g/mol. The van der Waals surface area contributed by atoms with Gasteiger partial charge in [0, 0.05) is 30.0 Å². The third-order valence-corrected chi connectivity index (χ3v) is 4.57. The largest absolute Gasteiger partial charge is 0.312 e. The van der Waals surface area contributed by atoms with Crippen molar-refractivity contribution < 1.29 is 4.79 Å². The van der Waals surface area contributed by atoms with Crippen molar-refractivity contribution in [2.24, 2.45) is 5.92 Å². The van der Waals surface area contributed by atoms with Gasteiger partial charge in [0.1, 0.15) is 0 Å². The Balaban J connectivity index is 1.76. The van der Waals surface area contributed by atoms with Crippen LogP contribution in [0.3, 0.4) is 0 Å². The highest BCUT2D eigenvalue weighted by Gasteiger charge is 2.31. The molecule has 23 heavy (non-hydrogen) atoms. The normalized spacial score (nSPS) is 17.2. The number of carbonyl (C=O) groups excluding carboxylic acids is 1. The molecule has 0 bridgehead atoms. The van der Waals surface area contributed by atoms with Gasteiger partial charge in [0.05, 0.1) is 0 Å². The average molecular weight is 308 g/mol. The fourth-order valence-corrected chi connectivity index (χ4v) is 3.28. The van der Waals surface area contributed by atoms with E-state index >= 15 is 0 Å². The molecule has 120 valence electrons. The van der Waals surface area contributed by atoms with E-state index in [4.69, 9.17) is 0 Å². The van der Waals surface area contributed by atoms with Crippen LogP contribution in [0.4, 0.5) is 5.69 Å². The number of benzene rings is 1. The van der Waals surface area contributed by atoms with E-state index in [0.29, 0.717) is 0 Å². The monoisotopic (exact) mass is 308 g/mol. The van der Waals surface area contributed by atoms with Crippen LogP contribution in [0.1, 0.15) is 37.4 Å². The molecule has 2 heterocycles. The minimum atomic E-state index is 0.0729. The van der Waals surface area contributed by atoms with Gasteiger partial charge in [0.15, 0.2) is 0 Å². The van der Waals surface area contributed by atoms with Crippen LogP contribution >= 0.6 is 0 Å². The van der Waals surface area contributed by atoms with E-state index in [2.05, 4.69) is 30.1 Å². The molecule has 1 aromatic carbocycles. The maximum Gasteiger partial charge on any atom is 0.230 e. The fraction of sp³-hybridized carbons (Fsp3) is 0.400. The molecule has 3 heteroatoms. The lowest BCUT2D eigenvalue weighted by molar-refractivity contribution is -0.123. The summed E-state index contributed by atoms with van der Waals surface area (Å²) in [5.41, 5.74) is 3.48. The van der Waals surface area contributed by atoms with E-state index in [9.17, 15) is 4.79 Å². The first-order valence-corrected chi connectivity index (χ1v) is 8.58. The summed E-state index contributed by atoms with van der Waals surface area (Å²) in [6.45, 7) is 2.99. The Bertz CT molecular complexity index is 654. The van der Waals surface area contributed by atoms with Crippen molar-refractivity contribution in [3.05, 3.63) is 59.9 Å². The molecule has 1 atom stereocenters. The lowest BCUT2D eigenvalue weighted by Gasteiger charge is -2.34. The van der Waals surface area contributed by atoms with Gasteiger partial charge in [0.25, 0.3) is 0 Å². The van der Waals surface area contributed by atoms with E-state index in [0.717, 1.165) is 50.0 Å². The summed E-state index contributed by atoms with van der Waals surface area (Å²) in [5.74, 6) is 0.358. The van der Waals surface area contributed by atoms with Gasteiger partial charge < -0.3 is 4.90 Å². The van der Waals surface area contributed by atoms with Crippen molar-refractivity contribution in [1.29, 1.82) is 0 Å². The fourth-order valence-electron chi connectivity index (χ4n) is 3.28. The third kappa shape index (κ3) is 3.61. The second-order valence-corrected chi connectivity index (χ2v) is 6.23. The van der Waals surface area contributed by atoms with Crippen LogP contribution in [0.25, 0.3) is 0 Å². The molecule has 2 aromatic rings. The number of carbonyl (C=O) groups is 1. The molecular formula is C20H24N2O. The van der Waals surface area contributed by atoms with Gasteiger partial charge in [-0.05, 0) is 49.4 Å². The molecule has 3 nitrogen and oxygen atoms in total. The molecule has 0 saturated heterocycles. The quantitative estimate of drug-likeness (QED) is 0.807. The van der Waals surface area contributed by atoms with Crippen LogP contribution in [0.5, 0.6) is 0 Å². The SMILES string of the molecule is CCCCN1C(=O)C(CCc2ccccn2)Cc2ccccc21. The summed E-state index contributed by atoms with van der Waals surface area (Å²) < 4.78 is 0. The van der Waals surface area contributed by atoms with Gasteiger partial charge in [-0.3, -0.25) is 9.78 Å². The smallest absolute Gasteiger partial charge is 0.230 e. The topological polar surface area (TPSA) is 33.2 Å². The summed E-state index contributed by atoms with van der Waals surface area (Å²) in [6.07, 6.45) is 6.55. The van der Waals surface area contributed by atoms with Crippen LogP contribution < -0.4 is 4.90 Å². The third-order valence-electron chi connectivity index (χ3n) is 4.57. The predicted molar refractivity (Wildman–Crippen MR) is 93.5 cm³/mol. The maximum absolute atomic E-state index is 12.9. The number of aryl methyl sites for hydroxylation is 1. The van der Waals surface area contributed by atoms with Crippen molar-refractivity contribution in [3.63, 3.8) is 0 Å². The van der Waals surface area contributed by atoms with E-state index in [-0.39, 0.29) is 11.8 Å². The van der Waals surface area contributed by atoms with E-state index in [1.54, 1.807) is 0 Å². The van der Waals surface area contributed by atoms with Crippen molar-refractivity contribution in [2.45, 2.75) is 39.0 Å². The zero-order valence-electron chi connectivity index (χ0n) is 13.7. The molecule has 1 unspecified atom stereocenters. The first kappa shape index (κ1) is 15.7. The molecule has 0 saturated carbocycles. The van der Waals surface area contributed by atoms with Gasteiger partial charge in [-0.2, -0.15) is 0 Å². The summed E-state index contributed by atoms with van der Waals surface area (Å²) in [4.78, 5) is 19.3. The Morgan fingerprint density at radius 1 is 1.17 bits per heavy atom. The van der Waals surface area contributed by atoms with E-state index < -0.39 is 0 Å². The molecule has 3 rings (SSSR count). The van der Waals surface area contributed by atoms with Gasteiger partial charge in [0.2, 0.25) is 5.91 Å². The Kier molecular flexibility index (Phi) is 5.06. The second-order valence-electron chi connectivity index (χ2n) is 6.23. The number of unbranched alkanes of at least 4 members (excludes halogenated alkanes) is 1. The highest BCUT2D eigenvalue weighted by molar-refractivity contribution is 5.98. The van der Waals surface area contributed by atoms with Crippen molar-refractivity contribution >= 4 is 11.6 Å². The number of fused-ring (bicyclic) bond motifs is 1. The first-order chi connectivity index (χ1) is 11.3. The highest BCUT2D eigenvalue weighted by atomic mass is 16.2. The molecule has 1 amide bonds. The molecule has 0 radical (unpaired) electrons. The lowest BCUT2D eigenvalue weighted by atomic mass is 9.87. The molecule has 0 spiro atoms. The van der Waals surface area contributed by atoms with Crippen molar-refractivity contribution in [2.75, 3.05) is 11.4 Å². The lowest BCUT2D eigenvalue weighted by Crippen LogP contribution is -2.42. The number of hydrogen-bond donors (Lipinski definition) is 0. The highest BCUT2D eigenvalue weighted by Crippen LogP contribution is 2.32. The number of amides is 1. The molecule has 1 aliphatic rings. The van der Waals surface area contributed by atoms with E-state index in [1.165, 1.54) is 5.56 Å². The molecule has 0 fully saturated rings. The van der Waals surface area contributed by atoms with E-state index in [1.807, 2.05) is 35.4 Å². The maximum atomic E-state index is 12.9. The van der Waals surface area contributed by atoms with Crippen molar-refractivity contribution in [3.8, 4) is 0 Å². The predicted octanol–water partition coefficient (Wildman–Crippen LogP) is 4.02. The minimum absolute atomic E-state index is 0.0729. The molecule has 1 aliphatic heterocycles. The molecule has 0 N–H and O–H groups in total. The van der Waals surface area contributed by atoms with Gasteiger partial charge >= 0.3 is 0 Å². The zero-order valence-corrected chi connectivity index (χ0v) is 13.7. The van der Waals surface area contributed by atoms with Crippen LogP contribution in [0.15, 0.2) is 48.7 Å². The van der Waals surface area contributed by atoms with Gasteiger partial charge in [-0.15, -0.1) is 0 Å². The molecule has 0 aliphatic carbocycles. The Labute approximate surface area is 138 Å². The number of nitrogens with zero attached hydrogens (tertiary/aromatic N) is 2. The summed E-state index contributed by atoms with van der Waals surface area (Å²) >= 11 is 0. The Hall–Kier alpha value is -2.16. The van der Waals surface area contributed by atoms with Crippen LogP contribution in [-0.4, -0.2) is 17.4 Å². The van der Waals surface area contributed by atoms with Crippen LogP contribution in [-0.2, 0) is 17.6 Å². The standard InChI is InChI=1S/C20H24N2O/c1-2-3-14-22-19-10-5-4-8-16(19)15-17(20(22)23)11-12-18-9-6-7-13-21-18/h4-10,13,17H,2-3,11-12,14-15H2,1H3. The number of aromatic nitrogens is 1. The number of hydrogen-bond acceptors (Lipinski definition) is 2. The second kappa shape index (κ2) is 7.40. The van der Waals surface area contributed by atoms with Gasteiger partial charge in [-0.1, -0.05) is 37.6 Å². The Morgan fingerprint density at radius 3 is 2.78 bits per heavy atom.